The highest BCUT2D eigenvalue weighted by Gasteiger charge is 2.25. The number of benzene rings is 1. The molecule has 0 aliphatic rings. The van der Waals surface area contributed by atoms with Gasteiger partial charge in [0.05, 0.1) is 19.7 Å². The highest BCUT2D eigenvalue weighted by atomic mass is 16.5. The van der Waals surface area contributed by atoms with E-state index in [1.165, 1.54) is 11.5 Å². The summed E-state index contributed by atoms with van der Waals surface area (Å²) >= 11 is 0. The Morgan fingerprint density at radius 2 is 1.77 bits per heavy atom. The highest BCUT2D eigenvalue weighted by molar-refractivity contribution is 5.81. The molecule has 162 valence electrons. The largest absolute Gasteiger partial charge is 0.497 e. The number of rotatable bonds is 5. The van der Waals surface area contributed by atoms with Crippen LogP contribution in [0.5, 0.6) is 5.75 Å². The molecule has 0 amide bonds. The van der Waals surface area contributed by atoms with Gasteiger partial charge in [-0.2, -0.15) is 4.98 Å². The van der Waals surface area contributed by atoms with Gasteiger partial charge in [-0.15, -0.1) is 0 Å². The molecule has 0 saturated heterocycles. The molecule has 0 spiro atoms. The molecule has 31 heavy (non-hydrogen) atoms. The van der Waals surface area contributed by atoms with Gasteiger partial charge in [-0.05, 0) is 45.4 Å². The number of aromatic nitrogens is 5. The Morgan fingerprint density at radius 3 is 2.35 bits per heavy atom. The molecule has 0 saturated carbocycles. The first kappa shape index (κ1) is 20.6. The summed E-state index contributed by atoms with van der Waals surface area (Å²) in [7, 11) is 3.19. The van der Waals surface area contributed by atoms with Crippen LogP contribution in [-0.4, -0.2) is 36.0 Å². The maximum atomic E-state index is 13.3. The first-order chi connectivity index (χ1) is 14.7. The molecule has 1 unspecified atom stereocenters. The summed E-state index contributed by atoms with van der Waals surface area (Å²) in [6.45, 7) is 7.35. The summed E-state index contributed by atoms with van der Waals surface area (Å²) in [5.74, 6) is 1.08. The Morgan fingerprint density at radius 1 is 1.13 bits per heavy atom. The maximum Gasteiger partial charge on any atom is 0.333 e. The second kappa shape index (κ2) is 7.26. The summed E-state index contributed by atoms with van der Waals surface area (Å²) in [6.07, 6.45) is 0. The molecule has 1 atom stereocenters. The maximum absolute atomic E-state index is 13.3. The van der Waals surface area contributed by atoms with Crippen molar-refractivity contribution in [3.63, 3.8) is 0 Å². The van der Waals surface area contributed by atoms with E-state index < -0.39 is 17.3 Å². The number of carbonyl (C=O) groups excluding carboxylic acids is 1. The molecule has 4 aromatic rings. The molecule has 0 aliphatic heterocycles. The third-order valence-corrected chi connectivity index (χ3v) is 6.05. The minimum atomic E-state index is -0.857. The first-order valence-corrected chi connectivity index (χ1v) is 10.00. The van der Waals surface area contributed by atoms with E-state index in [2.05, 4.69) is 4.98 Å². The molecule has 3 aromatic heterocycles. The molecule has 4 rings (SSSR count). The summed E-state index contributed by atoms with van der Waals surface area (Å²) in [5, 5.41) is 0. The van der Waals surface area contributed by atoms with Gasteiger partial charge in [0.2, 0.25) is 5.78 Å². The second-order valence-electron chi connectivity index (χ2n) is 7.83. The van der Waals surface area contributed by atoms with Gasteiger partial charge in [0.15, 0.2) is 16.9 Å². The molecular formula is C22H25N5O4. The number of hydrogen-bond acceptors (Lipinski definition) is 5. The molecule has 0 bridgehead atoms. The van der Waals surface area contributed by atoms with Crippen LogP contribution in [0.2, 0.25) is 0 Å². The lowest BCUT2D eigenvalue weighted by Crippen LogP contribution is -2.42. The second-order valence-corrected chi connectivity index (χ2v) is 7.83. The van der Waals surface area contributed by atoms with Gasteiger partial charge >= 0.3 is 5.69 Å². The van der Waals surface area contributed by atoms with E-state index in [1.807, 2.05) is 42.7 Å². The van der Waals surface area contributed by atoms with E-state index in [0.717, 1.165) is 27.3 Å². The Bertz CT molecular complexity index is 1450. The lowest BCUT2D eigenvalue weighted by Gasteiger charge is -2.12. The van der Waals surface area contributed by atoms with Crippen molar-refractivity contribution in [2.75, 3.05) is 7.11 Å². The molecule has 0 N–H and O–H groups in total. The van der Waals surface area contributed by atoms with Crippen LogP contribution in [0.1, 0.15) is 36.8 Å². The van der Waals surface area contributed by atoms with Crippen molar-refractivity contribution < 1.29 is 9.53 Å². The highest BCUT2D eigenvalue weighted by Crippen LogP contribution is 2.23. The number of hydrogen-bond donors (Lipinski definition) is 0. The third-order valence-electron chi connectivity index (χ3n) is 6.05. The first-order valence-electron chi connectivity index (χ1n) is 10.00. The molecule has 3 heterocycles. The molecular weight excluding hydrogens is 398 g/mol. The van der Waals surface area contributed by atoms with Crippen molar-refractivity contribution in [3.8, 4) is 5.75 Å². The number of ether oxygens (including phenoxy) is 1. The monoisotopic (exact) mass is 423 g/mol. The zero-order valence-corrected chi connectivity index (χ0v) is 18.5. The number of ketones is 1. The Kier molecular flexibility index (Phi) is 4.83. The van der Waals surface area contributed by atoms with Crippen molar-refractivity contribution in [1.82, 2.24) is 23.1 Å². The van der Waals surface area contributed by atoms with Gasteiger partial charge in [-0.1, -0.05) is 12.1 Å². The molecule has 9 nitrogen and oxygen atoms in total. The van der Waals surface area contributed by atoms with E-state index in [-0.39, 0.29) is 5.78 Å². The van der Waals surface area contributed by atoms with Crippen LogP contribution in [0.15, 0.2) is 33.9 Å². The predicted molar refractivity (Wildman–Crippen MR) is 117 cm³/mol. The number of nitrogens with zero attached hydrogens (tertiary/aromatic N) is 5. The fraction of sp³-hybridized carbons (Fsp3) is 0.364. The van der Waals surface area contributed by atoms with Crippen molar-refractivity contribution in [2.45, 2.75) is 40.3 Å². The number of fused-ring (bicyclic) bond motifs is 3. The topological polar surface area (TPSA) is 92.5 Å². The molecule has 9 heteroatoms. The van der Waals surface area contributed by atoms with Crippen LogP contribution in [0.4, 0.5) is 0 Å². The summed E-state index contributed by atoms with van der Waals surface area (Å²) in [4.78, 5) is 42.8. The van der Waals surface area contributed by atoms with E-state index in [1.54, 1.807) is 25.5 Å². The Labute approximate surface area is 178 Å². The number of carbonyl (C=O) groups is 1. The van der Waals surface area contributed by atoms with Crippen LogP contribution in [0.3, 0.4) is 0 Å². The average Bonchev–Trinajstić information content (AvgIpc) is 3.24. The summed E-state index contributed by atoms with van der Waals surface area (Å²) in [5.41, 5.74) is 2.37. The standard InChI is InChI=1S/C22H25N5O4/c1-12-13(2)26-18-19(24(5)22(30)27(20(18)29)14(3)15(4)28)23-21(26)25(12)11-16-7-9-17(31-6)10-8-16/h7-10,14H,11H2,1-6H3. The van der Waals surface area contributed by atoms with Crippen molar-refractivity contribution in [2.24, 2.45) is 7.05 Å². The van der Waals surface area contributed by atoms with E-state index >= 15 is 0 Å². The zero-order valence-electron chi connectivity index (χ0n) is 18.5. The fourth-order valence-corrected chi connectivity index (χ4v) is 3.91. The number of Topliss-reactive ketones (excluding diaryl/α,β-unsaturated/α-hetero) is 1. The van der Waals surface area contributed by atoms with Crippen molar-refractivity contribution in [1.29, 1.82) is 0 Å². The number of aryl methyl sites for hydroxylation is 2. The Hall–Kier alpha value is -3.62. The van der Waals surface area contributed by atoms with E-state index in [9.17, 15) is 14.4 Å². The van der Waals surface area contributed by atoms with Gasteiger partial charge in [-0.3, -0.25) is 18.6 Å². The number of imidazole rings is 2. The number of methoxy groups -OCH3 is 1. The lowest BCUT2D eigenvalue weighted by atomic mass is 10.2. The van der Waals surface area contributed by atoms with Gasteiger partial charge in [0.1, 0.15) is 5.75 Å². The molecule has 0 fully saturated rings. The summed E-state index contributed by atoms with van der Waals surface area (Å²) in [6, 6.07) is 6.88. The van der Waals surface area contributed by atoms with E-state index in [0.29, 0.717) is 23.5 Å². The SMILES string of the molecule is COc1ccc(Cn2c(C)c(C)n3c4c(=O)n(C(C)C(C)=O)c(=O)n(C)c4nc23)cc1. The normalized spacial score (nSPS) is 12.6. The fourth-order valence-electron chi connectivity index (χ4n) is 3.91. The Balaban J connectivity index is 2.01. The predicted octanol–water partition coefficient (Wildman–Crippen LogP) is 1.97. The zero-order chi connectivity index (χ0) is 22.6. The van der Waals surface area contributed by atoms with Gasteiger partial charge in [-0.25, -0.2) is 9.36 Å². The van der Waals surface area contributed by atoms with Crippen LogP contribution in [-0.2, 0) is 18.4 Å². The van der Waals surface area contributed by atoms with E-state index in [4.69, 9.17) is 4.74 Å². The van der Waals surface area contributed by atoms with Crippen LogP contribution < -0.4 is 16.0 Å². The van der Waals surface area contributed by atoms with Crippen molar-refractivity contribution >= 4 is 22.7 Å². The van der Waals surface area contributed by atoms with Crippen LogP contribution >= 0.6 is 0 Å². The van der Waals surface area contributed by atoms with Gasteiger partial charge in [0, 0.05) is 18.4 Å². The van der Waals surface area contributed by atoms with Crippen molar-refractivity contribution in [3.05, 3.63) is 62.1 Å². The van der Waals surface area contributed by atoms with Crippen LogP contribution in [0, 0.1) is 13.8 Å². The molecule has 1 aromatic carbocycles. The molecule has 0 aliphatic carbocycles. The minimum absolute atomic E-state index is 0.260. The smallest absolute Gasteiger partial charge is 0.333 e. The van der Waals surface area contributed by atoms with Gasteiger partial charge in [0.25, 0.3) is 5.56 Å². The van der Waals surface area contributed by atoms with Gasteiger partial charge < -0.3 is 9.30 Å². The minimum Gasteiger partial charge on any atom is -0.497 e. The average molecular weight is 423 g/mol. The quantitative estimate of drug-likeness (QED) is 0.489. The summed E-state index contributed by atoms with van der Waals surface area (Å²) < 4.78 is 11.4. The lowest BCUT2D eigenvalue weighted by molar-refractivity contribution is -0.119. The van der Waals surface area contributed by atoms with Crippen LogP contribution in [0.25, 0.3) is 16.9 Å². The third kappa shape index (κ3) is 2.99. The molecule has 0 radical (unpaired) electrons.